The standard InChI is InChI=1S/C15H24O2Si/c1-13(12-16)15(17-18(2,3)4)11-10-14-8-6-5-7-9-14/h5-9,12-13,15H,10-11H2,1-4H3/t13-,15-/m0/s1. The summed E-state index contributed by atoms with van der Waals surface area (Å²) in [6.45, 7) is 8.45. The normalized spacial score (nSPS) is 15.1. The zero-order valence-electron chi connectivity index (χ0n) is 11.8. The highest BCUT2D eigenvalue weighted by Crippen LogP contribution is 2.18. The van der Waals surface area contributed by atoms with Crippen LogP contribution in [0.5, 0.6) is 0 Å². The second-order valence-corrected chi connectivity index (χ2v) is 10.2. The lowest BCUT2D eigenvalue weighted by Gasteiger charge is -2.28. The zero-order valence-corrected chi connectivity index (χ0v) is 12.8. The maximum atomic E-state index is 11.0. The van der Waals surface area contributed by atoms with Gasteiger partial charge in [0.25, 0.3) is 0 Å². The van der Waals surface area contributed by atoms with E-state index < -0.39 is 8.32 Å². The monoisotopic (exact) mass is 264 g/mol. The Morgan fingerprint density at radius 2 is 1.83 bits per heavy atom. The van der Waals surface area contributed by atoms with Gasteiger partial charge in [0.05, 0.1) is 6.10 Å². The Morgan fingerprint density at radius 3 is 2.33 bits per heavy atom. The molecular formula is C15H24O2Si. The molecule has 100 valence electrons. The Hall–Kier alpha value is -0.933. The van der Waals surface area contributed by atoms with Crippen LogP contribution in [0.3, 0.4) is 0 Å². The van der Waals surface area contributed by atoms with Crippen LogP contribution >= 0.6 is 0 Å². The third kappa shape index (κ3) is 5.60. The maximum absolute atomic E-state index is 11.0. The fraction of sp³-hybridized carbons (Fsp3) is 0.533. The molecule has 0 aliphatic carbocycles. The molecule has 0 aliphatic heterocycles. The molecular weight excluding hydrogens is 240 g/mol. The van der Waals surface area contributed by atoms with Crippen molar-refractivity contribution in [2.24, 2.45) is 5.92 Å². The van der Waals surface area contributed by atoms with E-state index in [9.17, 15) is 4.79 Å². The fourth-order valence-electron chi connectivity index (χ4n) is 1.92. The number of carbonyl (C=O) groups is 1. The molecule has 0 amide bonds. The summed E-state index contributed by atoms with van der Waals surface area (Å²) in [4.78, 5) is 11.0. The largest absolute Gasteiger partial charge is 0.414 e. The molecule has 1 aromatic rings. The van der Waals surface area contributed by atoms with Crippen molar-refractivity contribution in [3.05, 3.63) is 35.9 Å². The van der Waals surface area contributed by atoms with Crippen LogP contribution in [-0.4, -0.2) is 20.7 Å². The molecule has 0 unspecified atom stereocenters. The van der Waals surface area contributed by atoms with Crippen molar-refractivity contribution in [1.82, 2.24) is 0 Å². The summed E-state index contributed by atoms with van der Waals surface area (Å²) in [6, 6.07) is 10.4. The first-order valence-electron chi connectivity index (χ1n) is 6.59. The van der Waals surface area contributed by atoms with Crippen LogP contribution in [0.2, 0.25) is 19.6 Å². The predicted molar refractivity (Wildman–Crippen MR) is 78.2 cm³/mol. The Kier molecular flexibility index (Phi) is 5.76. The van der Waals surface area contributed by atoms with Crippen LogP contribution in [0, 0.1) is 5.92 Å². The van der Waals surface area contributed by atoms with Crippen molar-refractivity contribution >= 4 is 14.6 Å². The van der Waals surface area contributed by atoms with E-state index in [1.54, 1.807) is 0 Å². The Labute approximate surface area is 111 Å². The Bertz CT molecular complexity index is 357. The van der Waals surface area contributed by atoms with Crippen molar-refractivity contribution < 1.29 is 9.22 Å². The number of carbonyl (C=O) groups excluding carboxylic acids is 1. The average molecular weight is 264 g/mol. The molecule has 0 saturated heterocycles. The second-order valence-electron chi connectivity index (χ2n) is 5.79. The van der Waals surface area contributed by atoms with E-state index in [4.69, 9.17) is 4.43 Å². The van der Waals surface area contributed by atoms with Gasteiger partial charge in [-0.15, -0.1) is 0 Å². The number of hydrogen-bond acceptors (Lipinski definition) is 2. The van der Waals surface area contributed by atoms with Gasteiger partial charge < -0.3 is 9.22 Å². The number of aldehydes is 1. The highest BCUT2D eigenvalue weighted by molar-refractivity contribution is 6.69. The van der Waals surface area contributed by atoms with Crippen molar-refractivity contribution in [2.45, 2.75) is 45.5 Å². The quantitative estimate of drug-likeness (QED) is 0.555. The minimum Gasteiger partial charge on any atom is -0.414 e. The molecule has 0 N–H and O–H groups in total. The minimum atomic E-state index is -1.60. The van der Waals surface area contributed by atoms with Crippen LogP contribution in [0.15, 0.2) is 30.3 Å². The van der Waals surface area contributed by atoms with Crippen molar-refractivity contribution in [3.8, 4) is 0 Å². The van der Waals surface area contributed by atoms with Gasteiger partial charge in [-0.25, -0.2) is 0 Å². The van der Waals surface area contributed by atoms with Crippen LogP contribution in [0.1, 0.15) is 18.9 Å². The van der Waals surface area contributed by atoms with E-state index in [-0.39, 0.29) is 12.0 Å². The van der Waals surface area contributed by atoms with Gasteiger partial charge >= 0.3 is 0 Å². The van der Waals surface area contributed by atoms with Gasteiger partial charge in [0, 0.05) is 5.92 Å². The molecule has 2 nitrogen and oxygen atoms in total. The highest BCUT2D eigenvalue weighted by atomic mass is 28.4. The zero-order chi connectivity index (χ0) is 13.6. The predicted octanol–water partition coefficient (Wildman–Crippen LogP) is 3.67. The topological polar surface area (TPSA) is 26.3 Å². The summed E-state index contributed by atoms with van der Waals surface area (Å²) in [6.07, 6.45) is 2.94. The van der Waals surface area contributed by atoms with Crippen LogP contribution < -0.4 is 0 Å². The lowest BCUT2D eigenvalue weighted by atomic mass is 9.99. The van der Waals surface area contributed by atoms with Crippen LogP contribution in [0.25, 0.3) is 0 Å². The molecule has 0 radical (unpaired) electrons. The number of hydrogen-bond donors (Lipinski definition) is 0. The van der Waals surface area contributed by atoms with Gasteiger partial charge in [-0.1, -0.05) is 37.3 Å². The molecule has 0 aromatic heterocycles. The summed E-state index contributed by atoms with van der Waals surface area (Å²) >= 11 is 0. The number of aryl methyl sites for hydroxylation is 1. The van der Waals surface area contributed by atoms with Crippen molar-refractivity contribution in [3.63, 3.8) is 0 Å². The smallest absolute Gasteiger partial charge is 0.184 e. The minimum absolute atomic E-state index is 0.0274. The number of benzene rings is 1. The summed E-state index contributed by atoms with van der Waals surface area (Å²) in [5.74, 6) is -0.0274. The molecule has 1 aromatic carbocycles. The molecule has 0 heterocycles. The fourth-order valence-corrected chi connectivity index (χ4v) is 3.17. The first kappa shape index (κ1) is 15.1. The van der Waals surface area contributed by atoms with E-state index in [1.165, 1.54) is 5.56 Å². The first-order valence-corrected chi connectivity index (χ1v) is 10.0. The van der Waals surface area contributed by atoms with Gasteiger partial charge in [-0.05, 0) is 38.0 Å². The molecule has 0 spiro atoms. The van der Waals surface area contributed by atoms with E-state index in [2.05, 4.69) is 31.8 Å². The van der Waals surface area contributed by atoms with Gasteiger partial charge in [0.2, 0.25) is 0 Å². The van der Waals surface area contributed by atoms with Crippen LogP contribution in [-0.2, 0) is 15.6 Å². The summed E-state index contributed by atoms with van der Waals surface area (Å²) in [7, 11) is -1.60. The molecule has 0 bridgehead atoms. The molecule has 3 heteroatoms. The van der Waals surface area contributed by atoms with Gasteiger partial charge in [-0.3, -0.25) is 0 Å². The highest BCUT2D eigenvalue weighted by Gasteiger charge is 2.25. The molecule has 0 aliphatic rings. The summed E-state index contributed by atoms with van der Waals surface area (Å²) in [5, 5.41) is 0. The summed E-state index contributed by atoms with van der Waals surface area (Å²) < 4.78 is 6.12. The molecule has 2 atom stereocenters. The van der Waals surface area contributed by atoms with E-state index in [0.717, 1.165) is 19.1 Å². The molecule has 0 saturated carbocycles. The number of rotatable bonds is 7. The molecule has 0 fully saturated rings. The lowest BCUT2D eigenvalue weighted by molar-refractivity contribution is -0.113. The Morgan fingerprint density at radius 1 is 1.22 bits per heavy atom. The van der Waals surface area contributed by atoms with Gasteiger partial charge in [0.15, 0.2) is 8.32 Å². The lowest BCUT2D eigenvalue weighted by Crippen LogP contribution is -2.36. The molecule has 1 rings (SSSR count). The van der Waals surface area contributed by atoms with Crippen LogP contribution in [0.4, 0.5) is 0 Å². The SMILES string of the molecule is C[C@@H](C=O)[C@H](CCc1ccccc1)O[Si](C)(C)C. The summed E-state index contributed by atoms with van der Waals surface area (Å²) in [5.41, 5.74) is 1.31. The maximum Gasteiger partial charge on any atom is 0.184 e. The molecule has 18 heavy (non-hydrogen) atoms. The van der Waals surface area contributed by atoms with Crippen molar-refractivity contribution in [1.29, 1.82) is 0 Å². The average Bonchev–Trinajstić information content (AvgIpc) is 2.33. The Balaban J connectivity index is 2.59. The van der Waals surface area contributed by atoms with Crippen molar-refractivity contribution in [2.75, 3.05) is 0 Å². The van der Waals surface area contributed by atoms with E-state index in [0.29, 0.717) is 0 Å². The third-order valence-corrected chi connectivity index (χ3v) is 3.88. The van der Waals surface area contributed by atoms with E-state index >= 15 is 0 Å². The van der Waals surface area contributed by atoms with E-state index in [1.807, 2.05) is 25.1 Å². The second kappa shape index (κ2) is 6.85. The third-order valence-electron chi connectivity index (χ3n) is 2.87. The first-order chi connectivity index (χ1) is 8.42. The van der Waals surface area contributed by atoms with Gasteiger partial charge in [-0.2, -0.15) is 0 Å². The van der Waals surface area contributed by atoms with Gasteiger partial charge in [0.1, 0.15) is 6.29 Å².